The van der Waals surface area contributed by atoms with Gasteiger partial charge in [-0.05, 0) is 57.4 Å². The first kappa shape index (κ1) is 23.1. The summed E-state index contributed by atoms with van der Waals surface area (Å²) in [7, 11) is -1.44. The van der Waals surface area contributed by atoms with Crippen LogP contribution in [0.15, 0.2) is 24.4 Å². The fourth-order valence-corrected chi connectivity index (χ4v) is 5.54. The van der Waals surface area contributed by atoms with Crippen LogP contribution in [0.2, 0.25) is 0 Å². The molecule has 1 saturated heterocycles. The Hall–Kier alpha value is -2.70. The van der Waals surface area contributed by atoms with Gasteiger partial charge in [0.1, 0.15) is 15.9 Å². The summed E-state index contributed by atoms with van der Waals surface area (Å²) < 4.78 is 49.6. The van der Waals surface area contributed by atoms with Crippen molar-refractivity contribution >= 4 is 34.0 Å². The lowest BCUT2D eigenvalue weighted by molar-refractivity contribution is 0.409. The summed E-state index contributed by atoms with van der Waals surface area (Å²) in [4.78, 5) is 13.8. The number of rotatable bonds is 8. The van der Waals surface area contributed by atoms with E-state index in [-0.39, 0.29) is 28.6 Å². The first-order valence-electron chi connectivity index (χ1n) is 11.1. The molecule has 2 aliphatic rings. The van der Waals surface area contributed by atoms with Crippen molar-refractivity contribution in [3.63, 3.8) is 0 Å². The van der Waals surface area contributed by atoms with E-state index in [0.29, 0.717) is 21.5 Å². The van der Waals surface area contributed by atoms with Crippen LogP contribution in [0, 0.1) is 18.6 Å². The number of nitrogens with one attached hydrogen (secondary N) is 3. The predicted molar refractivity (Wildman–Crippen MR) is 129 cm³/mol. The Morgan fingerprint density at radius 2 is 2.03 bits per heavy atom. The summed E-state index contributed by atoms with van der Waals surface area (Å²) in [5.41, 5.74) is 0.411. The van der Waals surface area contributed by atoms with Crippen LogP contribution in [0.3, 0.4) is 0 Å². The lowest BCUT2D eigenvalue weighted by Gasteiger charge is -2.23. The Kier molecular flexibility index (Phi) is 6.70. The molecule has 2 unspecified atom stereocenters. The fourth-order valence-electron chi connectivity index (χ4n) is 3.62. The molecule has 0 bridgehead atoms. The Bertz CT molecular complexity index is 1210. The normalized spacial score (nSPS) is 19.0. The van der Waals surface area contributed by atoms with Crippen molar-refractivity contribution in [3.8, 4) is 22.2 Å². The largest absolute Gasteiger partial charge is 0.434 e. The summed E-state index contributed by atoms with van der Waals surface area (Å²) in [5.74, 6) is -2.02. The van der Waals surface area contributed by atoms with Gasteiger partial charge >= 0.3 is 0 Å². The number of aromatic nitrogens is 3. The summed E-state index contributed by atoms with van der Waals surface area (Å²) in [6, 6.07) is 4.58. The number of halogens is 2. The van der Waals surface area contributed by atoms with Crippen LogP contribution < -0.4 is 20.1 Å². The molecule has 12 heteroatoms. The van der Waals surface area contributed by atoms with Crippen LogP contribution in [0.4, 0.5) is 20.4 Å². The third kappa shape index (κ3) is 5.18. The van der Waals surface area contributed by atoms with Gasteiger partial charge in [0.2, 0.25) is 17.6 Å². The van der Waals surface area contributed by atoms with Gasteiger partial charge in [-0.15, -0.1) is 11.3 Å². The second-order valence-corrected chi connectivity index (χ2v) is 10.9. The van der Waals surface area contributed by atoms with Crippen LogP contribution in [0.25, 0.3) is 10.6 Å². The van der Waals surface area contributed by atoms with Crippen LogP contribution in [0.1, 0.15) is 30.7 Å². The Balaban J connectivity index is 1.37. The average Bonchev–Trinajstić information content (AvgIpc) is 3.62. The zero-order valence-corrected chi connectivity index (χ0v) is 20.1. The van der Waals surface area contributed by atoms with E-state index in [9.17, 15) is 13.0 Å². The van der Waals surface area contributed by atoms with Crippen molar-refractivity contribution in [2.45, 2.75) is 43.9 Å². The first-order valence-corrected chi connectivity index (χ1v) is 13.1. The highest BCUT2D eigenvalue weighted by molar-refractivity contribution is 7.87. The molecule has 180 valence electrons. The molecule has 2 atom stereocenters. The van der Waals surface area contributed by atoms with Crippen molar-refractivity contribution < 1.29 is 17.7 Å². The van der Waals surface area contributed by atoms with Gasteiger partial charge in [-0.2, -0.15) is 4.39 Å². The highest BCUT2D eigenvalue weighted by atomic mass is 32.2. The van der Waals surface area contributed by atoms with E-state index >= 15 is 0 Å². The van der Waals surface area contributed by atoms with E-state index in [0.717, 1.165) is 38.8 Å². The number of aryl methyl sites for hydroxylation is 1. The van der Waals surface area contributed by atoms with E-state index in [4.69, 9.17) is 4.74 Å². The smallest absolute Gasteiger partial charge is 0.240 e. The SMILES string of the molecule is Cc1nc(Oc2ccc(NS(=O)C3CC3)c(F)c2F)c(-c2ccnc(NC3CCCNC3)n2)s1. The highest BCUT2D eigenvalue weighted by Crippen LogP contribution is 2.39. The Labute approximate surface area is 202 Å². The minimum absolute atomic E-state index is 0.0134. The van der Waals surface area contributed by atoms with Gasteiger partial charge < -0.3 is 20.1 Å². The molecular formula is C22H24F2N6O2S2. The van der Waals surface area contributed by atoms with Gasteiger partial charge in [0.05, 0.1) is 21.6 Å². The van der Waals surface area contributed by atoms with Crippen molar-refractivity contribution in [2.24, 2.45) is 0 Å². The molecule has 0 amide bonds. The van der Waals surface area contributed by atoms with Gasteiger partial charge in [-0.25, -0.2) is 23.6 Å². The first-order chi connectivity index (χ1) is 16.5. The highest BCUT2D eigenvalue weighted by Gasteiger charge is 2.30. The number of ether oxygens (including phenoxy) is 1. The van der Waals surface area contributed by atoms with Crippen LogP contribution in [-0.2, 0) is 11.0 Å². The van der Waals surface area contributed by atoms with Gasteiger partial charge in [0.25, 0.3) is 0 Å². The summed E-state index contributed by atoms with van der Waals surface area (Å²) >= 11 is 1.34. The number of piperidine rings is 1. The summed E-state index contributed by atoms with van der Waals surface area (Å²) in [6.07, 6.45) is 5.37. The third-order valence-corrected chi connectivity index (χ3v) is 7.99. The molecule has 1 saturated carbocycles. The second kappa shape index (κ2) is 9.88. The number of hydrogen-bond donors (Lipinski definition) is 3. The molecule has 1 aliphatic heterocycles. The number of benzene rings is 1. The van der Waals surface area contributed by atoms with E-state index in [1.807, 2.05) is 0 Å². The third-order valence-electron chi connectivity index (χ3n) is 5.51. The number of hydrogen-bond acceptors (Lipinski definition) is 8. The van der Waals surface area contributed by atoms with Crippen molar-refractivity contribution in [2.75, 3.05) is 23.1 Å². The van der Waals surface area contributed by atoms with Gasteiger partial charge in [0.15, 0.2) is 11.6 Å². The van der Waals surface area contributed by atoms with E-state index in [1.54, 1.807) is 19.2 Å². The monoisotopic (exact) mass is 506 g/mol. The maximum absolute atomic E-state index is 14.8. The number of anilines is 2. The molecule has 3 aromatic rings. The summed E-state index contributed by atoms with van der Waals surface area (Å²) in [6.45, 7) is 3.64. The molecule has 3 heterocycles. The van der Waals surface area contributed by atoms with E-state index in [1.165, 1.54) is 23.5 Å². The van der Waals surface area contributed by atoms with Crippen molar-refractivity contribution in [1.82, 2.24) is 20.3 Å². The van der Waals surface area contributed by atoms with Gasteiger partial charge in [0, 0.05) is 18.8 Å². The number of nitrogens with zero attached hydrogens (tertiary/aromatic N) is 3. The predicted octanol–water partition coefficient (Wildman–Crippen LogP) is 4.38. The maximum atomic E-state index is 14.8. The average molecular weight is 507 g/mol. The Morgan fingerprint density at radius 1 is 1.18 bits per heavy atom. The zero-order chi connectivity index (χ0) is 23.7. The van der Waals surface area contributed by atoms with Crippen molar-refractivity contribution in [1.29, 1.82) is 0 Å². The molecule has 5 rings (SSSR count). The molecular weight excluding hydrogens is 482 g/mol. The molecule has 0 radical (unpaired) electrons. The van der Waals surface area contributed by atoms with Crippen LogP contribution in [-0.4, -0.2) is 43.5 Å². The lowest BCUT2D eigenvalue weighted by atomic mass is 10.1. The summed E-state index contributed by atoms with van der Waals surface area (Å²) in [5, 5.41) is 7.35. The van der Waals surface area contributed by atoms with Gasteiger partial charge in [-0.1, -0.05) is 0 Å². The molecule has 8 nitrogen and oxygen atoms in total. The van der Waals surface area contributed by atoms with E-state index in [2.05, 4.69) is 30.3 Å². The topological polar surface area (TPSA) is 101 Å². The van der Waals surface area contributed by atoms with Crippen molar-refractivity contribution in [3.05, 3.63) is 41.0 Å². The molecule has 34 heavy (non-hydrogen) atoms. The maximum Gasteiger partial charge on any atom is 0.240 e. The minimum Gasteiger partial charge on any atom is -0.434 e. The quantitative estimate of drug-likeness (QED) is 0.417. The second-order valence-electron chi connectivity index (χ2n) is 8.26. The van der Waals surface area contributed by atoms with Gasteiger partial charge in [-0.3, -0.25) is 0 Å². The number of thiazole rings is 1. The standard InChI is InChI=1S/C22H24F2N6O2S2/c1-12-27-21(32-17-7-6-15(18(23)19(17)24)30-34(31)14-4-5-14)20(33-12)16-8-10-26-22(29-16)28-13-3-2-9-25-11-13/h6-8,10,13-14,25,30H,2-5,9,11H2,1H3,(H,26,28,29). The molecule has 3 N–H and O–H groups in total. The molecule has 2 fully saturated rings. The molecule has 0 spiro atoms. The zero-order valence-electron chi connectivity index (χ0n) is 18.4. The lowest BCUT2D eigenvalue weighted by Crippen LogP contribution is -2.38. The minimum atomic E-state index is -1.44. The Morgan fingerprint density at radius 3 is 2.79 bits per heavy atom. The van der Waals surface area contributed by atoms with Crippen LogP contribution >= 0.6 is 11.3 Å². The van der Waals surface area contributed by atoms with Crippen LogP contribution in [0.5, 0.6) is 11.6 Å². The van der Waals surface area contributed by atoms with E-state index < -0.39 is 22.6 Å². The fraction of sp³-hybridized carbons (Fsp3) is 0.409. The molecule has 2 aromatic heterocycles. The molecule has 1 aliphatic carbocycles. The molecule has 1 aromatic carbocycles.